The first kappa shape index (κ1) is 22.7. The first-order chi connectivity index (χ1) is 16.1. The largest absolute Gasteiger partial charge is 0.347 e. The van der Waals surface area contributed by atoms with Crippen LogP contribution in [0.2, 0.25) is 0 Å². The number of hydrogen-bond donors (Lipinski definition) is 1. The molecule has 0 fully saturated rings. The summed E-state index contributed by atoms with van der Waals surface area (Å²) < 4.78 is 13.2. The fraction of sp³-hybridized carbons (Fsp3) is 0.391. The Bertz CT molecular complexity index is 1160. The molecule has 10 heteroatoms. The second-order valence-electron chi connectivity index (χ2n) is 7.59. The Balaban J connectivity index is 1.62. The van der Waals surface area contributed by atoms with Crippen LogP contribution in [0.25, 0.3) is 22.5 Å². The molecule has 10 nitrogen and oxygen atoms in total. The highest BCUT2D eigenvalue weighted by Gasteiger charge is 2.35. The molecule has 0 bridgehead atoms. The summed E-state index contributed by atoms with van der Waals surface area (Å²) in [5.74, 6) is 0.949. The van der Waals surface area contributed by atoms with Gasteiger partial charge in [0, 0.05) is 56.6 Å². The number of H-pyrrole nitrogens is 1. The zero-order chi connectivity index (χ0) is 23.3. The number of aryl methyl sites for hydroxylation is 1. The maximum atomic E-state index is 5.63. The first-order valence-corrected chi connectivity index (χ1v) is 11.0. The van der Waals surface area contributed by atoms with Gasteiger partial charge in [-0.25, -0.2) is 9.67 Å². The molecule has 172 valence electrons. The molecule has 0 spiro atoms. The monoisotopic (exact) mass is 448 g/mol. The topological polar surface area (TPSA) is 117 Å². The van der Waals surface area contributed by atoms with Gasteiger partial charge >= 0.3 is 0 Å². The number of methoxy groups -OCH3 is 2. The molecule has 0 unspecified atom stereocenters. The lowest BCUT2D eigenvalue weighted by Crippen LogP contribution is -2.31. The number of rotatable bonds is 10. The van der Waals surface area contributed by atoms with Crippen molar-refractivity contribution >= 4 is 0 Å². The van der Waals surface area contributed by atoms with Crippen LogP contribution in [0.15, 0.2) is 42.6 Å². The van der Waals surface area contributed by atoms with E-state index in [0.717, 1.165) is 41.2 Å². The van der Waals surface area contributed by atoms with Crippen molar-refractivity contribution in [1.29, 1.82) is 0 Å². The van der Waals surface area contributed by atoms with Crippen molar-refractivity contribution in [3.8, 4) is 22.5 Å². The lowest BCUT2D eigenvalue weighted by atomic mass is 10.0. The average Bonchev–Trinajstić information content (AvgIpc) is 3.53. The second-order valence-corrected chi connectivity index (χ2v) is 7.59. The van der Waals surface area contributed by atoms with Crippen molar-refractivity contribution < 1.29 is 9.47 Å². The number of aromatic amines is 1. The maximum Gasteiger partial charge on any atom is 0.231 e. The van der Waals surface area contributed by atoms with Gasteiger partial charge in [-0.15, -0.1) is 10.2 Å². The number of pyridine rings is 1. The zero-order valence-corrected chi connectivity index (χ0v) is 19.3. The third-order valence-corrected chi connectivity index (χ3v) is 5.64. The molecule has 0 radical (unpaired) electrons. The minimum Gasteiger partial charge on any atom is -0.347 e. The molecule has 0 saturated heterocycles. The van der Waals surface area contributed by atoms with E-state index in [4.69, 9.17) is 24.5 Å². The van der Waals surface area contributed by atoms with Crippen LogP contribution in [0, 0.1) is 0 Å². The fourth-order valence-corrected chi connectivity index (χ4v) is 3.83. The molecule has 0 aliphatic rings. The van der Waals surface area contributed by atoms with E-state index in [1.807, 2.05) is 54.2 Å². The molecule has 0 aliphatic carbocycles. The van der Waals surface area contributed by atoms with Crippen LogP contribution in [0.1, 0.15) is 44.0 Å². The van der Waals surface area contributed by atoms with E-state index >= 15 is 0 Å². The van der Waals surface area contributed by atoms with E-state index in [1.54, 1.807) is 14.2 Å². The average molecular weight is 449 g/mol. The molecule has 1 N–H and O–H groups in total. The van der Waals surface area contributed by atoms with Gasteiger partial charge in [0.25, 0.3) is 0 Å². The van der Waals surface area contributed by atoms with Gasteiger partial charge in [-0.2, -0.15) is 10.3 Å². The lowest BCUT2D eigenvalue weighted by Gasteiger charge is -2.26. The maximum absolute atomic E-state index is 5.63. The molecular weight excluding hydrogens is 420 g/mol. The van der Waals surface area contributed by atoms with Gasteiger partial charge in [0.1, 0.15) is 5.82 Å². The summed E-state index contributed by atoms with van der Waals surface area (Å²) in [5.41, 5.74) is 3.74. The quantitative estimate of drug-likeness (QED) is 0.367. The predicted molar refractivity (Wildman–Crippen MR) is 122 cm³/mol. The van der Waals surface area contributed by atoms with E-state index in [0.29, 0.717) is 24.5 Å². The normalized spacial score (nSPS) is 11.8. The van der Waals surface area contributed by atoms with Gasteiger partial charge in [0.2, 0.25) is 17.4 Å². The van der Waals surface area contributed by atoms with Crippen LogP contribution in [-0.4, -0.2) is 54.6 Å². The minimum absolute atomic E-state index is 0.532. The highest BCUT2D eigenvalue weighted by molar-refractivity contribution is 5.79. The Hall–Kier alpha value is -3.50. The number of nitrogens with one attached hydrogen (secondary N) is 1. The van der Waals surface area contributed by atoms with Gasteiger partial charge in [-0.05, 0) is 23.3 Å². The Labute approximate surface area is 192 Å². The summed E-state index contributed by atoms with van der Waals surface area (Å²) in [6.07, 6.45) is 3.94. The van der Waals surface area contributed by atoms with Gasteiger partial charge in [0.05, 0.1) is 0 Å². The van der Waals surface area contributed by atoms with Gasteiger partial charge in [0.15, 0.2) is 0 Å². The van der Waals surface area contributed by atoms with Crippen molar-refractivity contribution in [3.63, 3.8) is 0 Å². The number of aromatic nitrogens is 8. The Kier molecular flexibility index (Phi) is 6.85. The highest BCUT2D eigenvalue weighted by Crippen LogP contribution is 2.30. The standard InChI is InChI=1S/C23H28N8O2/c1-5-13-31-20(25-22(28-31)23(6-2,32-3)33-4)14-17-12-11-16(15-24-17)18-9-7-8-10-19(18)21-26-29-30-27-21/h7-12,15H,5-6,13-14H2,1-4H3,(H,26,27,29,30). The summed E-state index contributed by atoms with van der Waals surface area (Å²) in [5, 5.41) is 19.1. The number of hydrogen-bond acceptors (Lipinski definition) is 8. The molecule has 0 amide bonds. The molecule has 33 heavy (non-hydrogen) atoms. The number of benzene rings is 1. The lowest BCUT2D eigenvalue weighted by molar-refractivity contribution is -0.222. The first-order valence-electron chi connectivity index (χ1n) is 11.0. The SMILES string of the molecule is CCCn1nc(C(CC)(OC)OC)nc1Cc1ccc(-c2ccccc2-c2nn[nH]n2)cn1. The van der Waals surface area contributed by atoms with Crippen LogP contribution >= 0.6 is 0 Å². The van der Waals surface area contributed by atoms with Crippen molar-refractivity contribution in [2.24, 2.45) is 0 Å². The molecule has 4 rings (SSSR count). The molecule has 3 aromatic heterocycles. The molecule has 4 aromatic rings. The molecular formula is C23H28N8O2. The van der Waals surface area contributed by atoms with E-state index in [9.17, 15) is 0 Å². The van der Waals surface area contributed by atoms with Gasteiger partial charge < -0.3 is 9.47 Å². The zero-order valence-electron chi connectivity index (χ0n) is 19.3. The van der Waals surface area contributed by atoms with Crippen LogP contribution < -0.4 is 0 Å². The van der Waals surface area contributed by atoms with Crippen LogP contribution in [-0.2, 0) is 28.2 Å². The fourth-order valence-electron chi connectivity index (χ4n) is 3.83. The van der Waals surface area contributed by atoms with Crippen molar-refractivity contribution in [3.05, 3.63) is 59.9 Å². The van der Waals surface area contributed by atoms with Crippen LogP contribution in [0.4, 0.5) is 0 Å². The molecule has 3 heterocycles. The molecule has 1 aromatic carbocycles. The third kappa shape index (κ3) is 4.53. The summed E-state index contributed by atoms with van der Waals surface area (Å²) in [6.45, 7) is 4.85. The van der Waals surface area contributed by atoms with Crippen molar-refractivity contribution in [2.45, 2.75) is 45.4 Å². The van der Waals surface area contributed by atoms with E-state index in [-0.39, 0.29) is 0 Å². The van der Waals surface area contributed by atoms with E-state index in [1.165, 1.54) is 0 Å². The van der Waals surface area contributed by atoms with E-state index in [2.05, 4.69) is 27.5 Å². The Morgan fingerprint density at radius 2 is 1.82 bits per heavy atom. The predicted octanol–water partition coefficient (Wildman–Crippen LogP) is 3.38. The minimum atomic E-state index is -0.954. The summed E-state index contributed by atoms with van der Waals surface area (Å²) in [7, 11) is 3.22. The number of tetrazole rings is 1. The summed E-state index contributed by atoms with van der Waals surface area (Å²) in [6, 6.07) is 12.0. The molecule has 0 aliphatic heterocycles. The smallest absolute Gasteiger partial charge is 0.231 e. The van der Waals surface area contributed by atoms with Gasteiger partial charge in [-0.1, -0.05) is 44.2 Å². The van der Waals surface area contributed by atoms with Crippen LogP contribution in [0.5, 0.6) is 0 Å². The molecule has 0 atom stereocenters. The highest BCUT2D eigenvalue weighted by atomic mass is 16.7. The molecule has 0 saturated carbocycles. The van der Waals surface area contributed by atoms with Crippen molar-refractivity contribution in [1.82, 2.24) is 40.4 Å². The number of ether oxygens (including phenoxy) is 2. The van der Waals surface area contributed by atoms with Crippen LogP contribution in [0.3, 0.4) is 0 Å². The number of nitrogens with zero attached hydrogens (tertiary/aromatic N) is 7. The summed E-state index contributed by atoms with van der Waals surface area (Å²) in [4.78, 5) is 9.47. The van der Waals surface area contributed by atoms with E-state index < -0.39 is 5.79 Å². The second kappa shape index (κ2) is 9.97. The Morgan fingerprint density at radius 3 is 2.42 bits per heavy atom. The Morgan fingerprint density at radius 1 is 1.03 bits per heavy atom. The van der Waals surface area contributed by atoms with Crippen molar-refractivity contribution in [2.75, 3.05) is 14.2 Å². The summed E-state index contributed by atoms with van der Waals surface area (Å²) >= 11 is 0. The third-order valence-electron chi connectivity index (χ3n) is 5.64. The van der Waals surface area contributed by atoms with Gasteiger partial charge in [-0.3, -0.25) is 4.98 Å².